The predicted molar refractivity (Wildman–Crippen MR) is 48.0 cm³/mol. The van der Waals surface area contributed by atoms with Crippen LogP contribution in [0, 0.1) is 11.8 Å². The van der Waals surface area contributed by atoms with E-state index in [0.717, 1.165) is 12.8 Å². The van der Waals surface area contributed by atoms with E-state index in [1.165, 1.54) is 12.8 Å². The van der Waals surface area contributed by atoms with Crippen LogP contribution in [0.15, 0.2) is 12.2 Å². The summed E-state index contributed by atoms with van der Waals surface area (Å²) in [5.41, 5.74) is -0.0637. The molecule has 2 nitrogen and oxygen atoms in total. The van der Waals surface area contributed by atoms with Gasteiger partial charge in [0.25, 0.3) is 0 Å². The minimum absolute atomic E-state index is 0.0324. The lowest BCUT2D eigenvalue weighted by molar-refractivity contribution is -0.152. The third kappa shape index (κ3) is 0.862. The molecule has 0 radical (unpaired) electrons. The van der Waals surface area contributed by atoms with E-state index in [1.807, 2.05) is 0 Å². The van der Waals surface area contributed by atoms with Gasteiger partial charge in [-0.2, -0.15) is 0 Å². The molecule has 0 amide bonds. The quantitative estimate of drug-likeness (QED) is 0.419. The summed E-state index contributed by atoms with van der Waals surface area (Å²) >= 11 is 0. The number of allylic oxidation sites excluding steroid dienone is 1. The average Bonchev–Trinajstić information content (AvgIpc) is 2.57. The maximum absolute atomic E-state index is 11.3. The summed E-state index contributed by atoms with van der Waals surface area (Å²) in [4.78, 5) is 11.3. The molecule has 1 spiro atoms. The fourth-order valence-electron chi connectivity index (χ4n) is 3.34. The van der Waals surface area contributed by atoms with E-state index in [-0.39, 0.29) is 11.6 Å². The van der Waals surface area contributed by atoms with Gasteiger partial charge in [-0.05, 0) is 19.3 Å². The third-order valence-corrected chi connectivity index (χ3v) is 3.99. The fraction of sp³-hybridized carbons (Fsp3) is 0.727. The van der Waals surface area contributed by atoms with Crippen LogP contribution in [0.3, 0.4) is 0 Å². The number of hydrogen-bond donors (Lipinski definition) is 0. The van der Waals surface area contributed by atoms with Gasteiger partial charge < -0.3 is 4.74 Å². The number of hydrogen-bond acceptors (Lipinski definition) is 2. The Morgan fingerprint density at radius 3 is 3.08 bits per heavy atom. The number of carbonyl (C=O) groups excluding carboxylic acids is 1. The first kappa shape index (κ1) is 7.60. The minimum Gasteiger partial charge on any atom is -0.458 e. The van der Waals surface area contributed by atoms with E-state index in [9.17, 15) is 4.79 Å². The zero-order chi connectivity index (χ0) is 8.89. The molecule has 3 atom stereocenters. The molecule has 0 N–H and O–H groups in total. The molecule has 13 heavy (non-hydrogen) atoms. The molecule has 0 aromatic carbocycles. The van der Waals surface area contributed by atoms with E-state index in [4.69, 9.17) is 4.74 Å². The maximum atomic E-state index is 11.3. The molecule has 1 saturated heterocycles. The normalized spacial score (nSPS) is 47.2. The topological polar surface area (TPSA) is 26.3 Å². The lowest BCUT2D eigenvalue weighted by Gasteiger charge is -2.35. The standard InChI is InChI=1S/C11H14O2/c12-10-7-9-5-4-8-3-1-2-6-11(8,9)13-10/h1-2,8-9H,3-7H2/t8-,9-,11-/m0/s1. The molecule has 70 valence electrons. The van der Waals surface area contributed by atoms with Crippen LogP contribution in [0.1, 0.15) is 32.1 Å². The van der Waals surface area contributed by atoms with Gasteiger partial charge in [0, 0.05) is 18.3 Å². The minimum atomic E-state index is -0.0637. The van der Waals surface area contributed by atoms with Crippen molar-refractivity contribution in [2.24, 2.45) is 11.8 Å². The molecule has 0 aromatic rings. The first-order chi connectivity index (χ1) is 6.31. The maximum Gasteiger partial charge on any atom is 0.306 e. The second-order valence-corrected chi connectivity index (χ2v) is 4.52. The summed E-state index contributed by atoms with van der Waals surface area (Å²) in [6.45, 7) is 0. The predicted octanol–water partition coefficient (Wildman–Crippen LogP) is 2.05. The van der Waals surface area contributed by atoms with Crippen molar-refractivity contribution in [3.8, 4) is 0 Å². The zero-order valence-electron chi connectivity index (χ0n) is 7.66. The lowest BCUT2D eigenvalue weighted by atomic mass is 9.77. The Balaban J connectivity index is 1.99. The van der Waals surface area contributed by atoms with Gasteiger partial charge in [-0.3, -0.25) is 4.79 Å². The van der Waals surface area contributed by atoms with E-state index in [1.54, 1.807) is 0 Å². The van der Waals surface area contributed by atoms with E-state index >= 15 is 0 Å². The number of esters is 1. The van der Waals surface area contributed by atoms with E-state index < -0.39 is 0 Å². The Bertz CT molecular complexity index is 278. The molecule has 0 unspecified atom stereocenters. The highest BCUT2D eigenvalue weighted by Gasteiger charge is 2.57. The summed E-state index contributed by atoms with van der Waals surface area (Å²) < 4.78 is 5.59. The van der Waals surface area contributed by atoms with Crippen LogP contribution < -0.4 is 0 Å². The summed E-state index contributed by atoms with van der Waals surface area (Å²) in [5, 5.41) is 0. The van der Waals surface area contributed by atoms with E-state index in [0.29, 0.717) is 18.3 Å². The summed E-state index contributed by atoms with van der Waals surface area (Å²) in [7, 11) is 0. The second-order valence-electron chi connectivity index (χ2n) is 4.52. The molecule has 2 fully saturated rings. The Labute approximate surface area is 78.0 Å². The van der Waals surface area contributed by atoms with Crippen molar-refractivity contribution in [2.45, 2.75) is 37.7 Å². The highest BCUT2D eigenvalue weighted by Crippen LogP contribution is 2.54. The van der Waals surface area contributed by atoms with E-state index in [2.05, 4.69) is 12.2 Å². The molecule has 1 saturated carbocycles. The number of rotatable bonds is 0. The molecule has 3 rings (SSSR count). The van der Waals surface area contributed by atoms with Gasteiger partial charge in [0.2, 0.25) is 0 Å². The first-order valence-corrected chi connectivity index (χ1v) is 5.18. The Kier molecular flexibility index (Phi) is 1.38. The van der Waals surface area contributed by atoms with Crippen LogP contribution >= 0.6 is 0 Å². The summed E-state index contributed by atoms with van der Waals surface area (Å²) in [5.74, 6) is 1.17. The molecule has 2 aliphatic carbocycles. The highest BCUT2D eigenvalue weighted by atomic mass is 16.6. The highest BCUT2D eigenvalue weighted by molar-refractivity contribution is 5.73. The molecule has 3 aliphatic rings. The van der Waals surface area contributed by atoms with Crippen molar-refractivity contribution in [1.82, 2.24) is 0 Å². The van der Waals surface area contributed by atoms with Crippen LogP contribution in [0.5, 0.6) is 0 Å². The zero-order valence-corrected chi connectivity index (χ0v) is 7.66. The largest absolute Gasteiger partial charge is 0.458 e. The molecule has 0 bridgehead atoms. The number of carbonyl (C=O) groups is 1. The lowest BCUT2D eigenvalue weighted by Crippen LogP contribution is -2.39. The third-order valence-electron chi connectivity index (χ3n) is 3.99. The van der Waals surface area contributed by atoms with Crippen molar-refractivity contribution in [1.29, 1.82) is 0 Å². The Morgan fingerprint density at radius 2 is 2.15 bits per heavy atom. The van der Waals surface area contributed by atoms with Gasteiger partial charge in [-0.15, -0.1) is 0 Å². The van der Waals surface area contributed by atoms with Gasteiger partial charge in [-0.25, -0.2) is 0 Å². The van der Waals surface area contributed by atoms with Crippen LogP contribution in [-0.2, 0) is 9.53 Å². The van der Waals surface area contributed by atoms with Crippen LogP contribution in [0.2, 0.25) is 0 Å². The van der Waals surface area contributed by atoms with Crippen molar-refractivity contribution in [3.63, 3.8) is 0 Å². The second kappa shape index (κ2) is 2.37. The fourth-order valence-corrected chi connectivity index (χ4v) is 3.34. The Morgan fingerprint density at radius 1 is 1.31 bits per heavy atom. The van der Waals surface area contributed by atoms with Crippen molar-refractivity contribution >= 4 is 5.97 Å². The molecular weight excluding hydrogens is 164 g/mol. The monoisotopic (exact) mass is 178 g/mol. The molecule has 1 aliphatic heterocycles. The van der Waals surface area contributed by atoms with Crippen molar-refractivity contribution < 1.29 is 9.53 Å². The number of ether oxygens (including phenoxy) is 1. The van der Waals surface area contributed by atoms with Gasteiger partial charge in [-0.1, -0.05) is 12.2 Å². The first-order valence-electron chi connectivity index (χ1n) is 5.18. The van der Waals surface area contributed by atoms with Crippen molar-refractivity contribution in [3.05, 3.63) is 12.2 Å². The molecule has 2 heteroatoms. The molecule has 1 heterocycles. The van der Waals surface area contributed by atoms with Crippen LogP contribution in [0.4, 0.5) is 0 Å². The van der Waals surface area contributed by atoms with Crippen LogP contribution in [-0.4, -0.2) is 11.6 Å². The van der Waals surface area contributed by atoms with Gasteiger partial charge in [0.05, 0.1) is 6.42 Å². The average molecular weight is 178 g/mol. The van der Waals surface area contributed by atoms with Gasteiger partial charge >= 0.3 is 5.97 Å². The van der Waals surface area contributed by atoms with Gasteiger partial charge in [0.1, 0.15) is 5.60 Å². The van der Waals surface area contributed by atoms with Gasteiger partial charge in [0.15, 0.2) is 0 Å². The SMILES string of the molecule is O=C1C[C@@H]2CC[C@@H]3CC=CC[C@]32O1. The van der Waals surface area contributed by atoms with Crippen LogP contribution in [0.25, 0.3) is 0 Å². The van der Waals surface area contributed by atoms with Crippen molar-refractivity contribution in [2.75, 3.05) is 0 Å². The Hall–Kier alpha value is -0.790. The molecule has 0 aromatic heterocycles. The molecular formula is C11H14O2. The smallest absolute Gasteiger partial charge is 0.306 e. The summed E-state index contributed by atoms with van der Waals surface area (Å²) in [6, 6.07) is 0. The summed E-state index contributed by atoms with van der Waals surface area (Å²) in [6.07, 6.45) is 9.63.